The second-order valence-corrected chi connectivity index (χ2v) is 5.96. The first-order valence-corrected chi connectivity index (χ1v) is 8.49. The van der Waals surface area contributed by atoms with E-state index in [1.807, 2.05) is 24.3 Å². The number of hydrogen-bond acceptors (Lipinski definition) is 4. The molecule has 0 saturated carbocycles. The summed E-state index contributed by atoms with van der Waals surface area (Å²) in [4.78, 5) is 25.7. The first-order valence-electron chi connectivity index (χ1n) is 8.49. The third-order valence-electron chi connectivity index (χ3n) is 3.94. The number of nitrogens with one attached hydrogen (secondary N) is 3. The summed E-state index contributed by atoms with van der Waals surface area (Å²) in [6.07, 6.45) is 0. The van der Waals surface area contributed by atoms with E-state index in [1.54, 1.807) is 24.3 Å². The van der Waals surface area contributed by atoms with E-state index in [0.717, 1.165) is 24.5 Å². The minimum atomic E-state index is -0.342. The second-order valence-electron chi connectivity index (χ2n) is 5.96. The third-order valence-corrected chi connectivity index (χ3v) is 3.94. The number of amides is 3. The van der Waals surface area contributed by atoms with Crippen LogP contribution in [-0.4, -0.2) is 38.2 Å². The van der Waals surface area contributed by atoms with Gasteiger partial charge in [-0.25, -0.2) is 4.79 Å². The quantitative estimate of drug-likeness (QED) is 0.788. The molecule has 0 aliphatic carbocycles. The summed E-state index contributed by atoms with van der Waals surface area (Å²) >= 11 is 0. The van der Waals surface area contributed by atoms with Crippen LogP contribution in [0.4, 0.5) is 27.5 Å². The van der Waals surface area contributed by atoms with Gasteiger partial charge in [0.05, 0.1) is 24.6 Å². The van der Waals surface area contributed by atoms with Gasteiger partial charge in [-0.1, -0.05) is 18.2 Å². The van der Waals surface area contributed by atoms with Crippen molar-refractivity contribution in [3.05, 3.63) is 48.5 Å². The summed E-state index contributed by atoms with van der Waals surface area (Å²) in [6, 6.07) is 14.3. The Hall–Kier alpha value is -3.06. The number of nitrogens with zero attached hydrogens (tertiary/aromatic N) is 1. The number of rotatable bonds is 4. The number of anilines is 4. The van der Waals surface area contributed by atoms with Crippen molar-refractivity contribution >= 4 is 34.7 Å². The van der Waals surface area contributed by atoms with Gasteiger partial charge in [0.1, 0.15) is 0 Å². The van der Waals surface area contributed by atoms with Gasteiger partial charge in [0.2, 0.25) is 5.91 Å². The zero-order valence-corrected chi connectivity index (χ0v) is 14.6. The summed E-state index contributed by atoms with van der Waals surface area (Å²) in [5.41, 5.74) is 2.93. The van der Waals surface area contributed by atoms with Crippen molar-refractivity contribution in [2.45, 2.75) is 6.92 Å². The smallest absolute Gasteiger partial charge is 0.323 e. The SMILES string of the molecule is CC(=O)Nc1cccc(NC(=O)Nc2ccccc2N2CCOCC2)c1. The van der Waals surface area contributed by atoms with Crippen molar-refractivity contribution in [2.24, 2.45) is 0 Å². The molecule has 2 aromatic carbocycles. The fraction of sp³-hybridized carbons (Fsp3) is 0.263. The highest BCUT2D eigenvalue weighted by Crippen LogP contribution is 2.26. The topological polar surface area (TPSA) is 82.7 Å². The lowest BCUT2D eigenvalue weighted by Crippen LogP contribution is -2.37. The minimum absolute atomic E-state index is 0.161. The van der Waals surface area contributed by atoms with E-state index in [9.17, 15) is 9.59 Å². The number of morpholine rings is 1. The van der Waals surface area contributed by atoms with Crippen molar-refractivity contribution < 1.29 is 14.3 Å². The molecule has 7 nitrogen and oxygen atoms in total. The molecule has 3 rings (SSSR count). The number of para-hydroxylation sites is 2. The normalized spacial score (nSPS) is 13.8. The Morgan fingerprint density at radius 3 is 2.35 bits per heavy atom. The van der Waals surface area contributed by atoms with Crippen molar-refractivity contribution in [3.8, 4) is 0 Å². The molecule has 3 N–H and O–H groups in total. The molecule has 1 heterocycles. The standard InChI is InChI=1S/C19H22N4O3/c1-14(24)20-15-5-4-6-16(13-15)21-19(25)22-17-7-2-3-8-18(17)23-9-11-26-12-10-23/h2-8,13H,9-12H2,1H3,(H,20,24)(H2,21,22,25). The molecule has 136 valence electrons. The molecule has 0 aromatic heterocycles. The molecule has 1 aliphatic rings. The first kappa shape index (κ1) is 17.8. The Kier molecular flexibility index (Phi) is 5.70. The number of carbonyl (C=O) groups is 2. The molecule has 26 heavy (non-hydrogen) atoms. The molecule has 0 spiro atoms. The van der Waals surface area contributed by atoms with Crippen LogP contribution in [0.1, 0.15) is 6.92 Å². The zero-order valence-electron chi connectivity index (χ0n) is 14.6. The van der Waals surface area contributed by atoms with E-state index < -0.39 is 0 Å². The summed E-state index contributed by atoms with van der Waals surface area (Å²) in [6.45, 7) is 4.38. The fourth-order valence-corrected chi connectivity index (χ4v) is 2.82. The van der Waals surface area contributed by atoms with Crippen molar-refractivity contribution in [3.63, 3.8) is 0 Å². The van der Waals surface area contributed by atoms with Crippen LogP contribution in [0.2, 0.25) is 0 Å². The fourth-order valence-electron chi connectivity index (χ4n) is 2.82. The number of benzene rings is 2. The lowest BCUT2D eigenvalue weighted by atomic mass is 10.2. The molecule has 7 heteroatoms. The Bertz CT molecular complexity index is 788. The summed E-state index contributed by atoms with van der Waals surface area (Å²) < 4.78 is 5.39. The molecule has 2 aromatic rings. The molecule has 0 radical (unpaired) electrons. The van der Waals surface area contributed by atoms with Crippen molar-refractivity contribution in [1.29, 1.82) is 0 Å². The van der Waals surface area contributed by atoms with Gasteiger partial charge in [-0.3, -0.25) is 4.79 Å². The minimum Gasteiger partial charge on any atom is -0.378 e. The number of carbonyl (C=O) groups excluding carboxylic acids is 2. The average molecular weight is 354 g/mol. The Labute approximate surface area is 152 Å². The van der Waals surface area contributed by atoms with Gasteiger partial charge >= 0.3 is 6.03 Å². The van der Waals surface area contributed by atoms with Crippen molar-refractivity contribution in [1.82, 2.24) is 0 Å². The highest BCUT2D eigenvalue weighted by atomic mass is 16.5. The maximum atomic E-state index is 12.4. The molecular formula is C19H22N4O3. The highest BCUT2D eigenvalue weighted by Gasteiger charge is 2.15. The summed E-state index contributed by atoms with van der Waals surface area (Å²) in [5, 5.41) is 8.38. The van der Waals surface area contributed by atoms with Gasteiger partial charge in [-0.2, -0.15) is 0 Å². The number of urea groups is 1. The largest absolute Gasteiger partial charge is 0.378 e. The second kappa shape index (κ2) is 8.35. The maximum Gasteiger partial charge on any atom is 0.323 e. The molecule has 1 fully saturated rings. The lowest BCUT2D eigenvalue weighted by molar-refractivity contribution is -0.114. The van der Waals surface area contributed by atoms with Gasteiger partial charge in [0.25, 0.3) is 0 Å². The third kappa shape index (κ3) is 4.73. The van der Waals surface area contributed by atoms with E-state index in [-0.39, 0.29) is 11.9 Å². The van der Waals surface area contributed by atoms with Crippen LogP contribution in [-0.2, 0) is 9.53 Å². The monoisotopic (exact) mass is 354 g/mol. The van der Waals surface area contributed by atoms with Gasteiger partial charge in [0, 0.05) is 31.4 Å². The molecule has 1 aliphatic heterocycles. The first-order chi connectivity index (χ1) is 12.6. The summed E-state index contributed by atoms with van der Waals surface area (Å²) in [5.74, 6) is -0.161. The molecule has 3 amide bonds. The van der Waals surface area contributed by atoms with Crippen molar-refractivity contribution in [2.75, 3.05) is 47.2 Å². The molecule has 1 saturated heterocycles. The van der Waals surface area contributed by atoms with Crippen LogP contribution in [0.25, 0.3) is 0 Å². The maximum absolute atomic E-state index is 12.4. The Balaban J connectivity index is 1.68. The van der Waals surface area contributed by atoms with Crippen LogP contribution >= 0.6 is 0 Å². The molecular weight excluding hydrogens is 332 g/mol. The molecule has 0 unspecified atom stereocenters. The number of hydrogen-bond donors (Lipinski definition) is 3. The molecule has 0 bridgehead atoms. The van der Waals surface area contributed by atoms with E-state index in [4.69, 9.17) is 4.74 Å². The van der Waals surface area contributed by atoms with E-state index in [0.29, 0.717) is 24.6 Å². The predicted molar refractivity (Wildman–Crippen MR) is 103 cm³/mol. The van der Waals surface area contributed by atoms with Crippen LogP contribution in [0.5, 0.6) is 0 Å². The van der Waals surface area contributed by atoms with Gasteiger partial charge in [0.15, 0.2) is 0 Å². The Morgan fingerprint density at radius 1 is 0.923 bits per heavy atom. The predicted octanol–water partition coefficient (Wildman–Crippen LogP) is 3.13. The number of ether oxygens (including phenoxy) is 1. The highest BCUT2D eigenvalue weighted by molar-refractivity contribution is 6.02. The van der Waals surface area contributed by atoms with Gasteiger partial charge < -0.3 is 25.6 Å². The molecule has 0 atom stereocenters. The van der Waals surface area contributed by atoms with E-state index >= 15 is 0 Å². The Morgan fingerprint density at radius 2 is 1.62 bits per heavy atom. The zero-order chi connectivity index (χ0) is 18.4. The van der Waals surface area contributed by atoms with Crippen LogP contribution in [0.15, 0.2) is 48.5 Å². The van der Waals surface area contributed by atoms with Gasteiger partial charge in [-0.15, -0.1) is 0 Å². The van der Waals surface area contributed by atoms with Crippen LogP contribution < -0.4 is 20.9 Å². The van der Waals surface area contributed by atoms with Crippen LogP contribution in [0.3, 0.4) is 0 Å². The van der Waals surface area contributed by atoms with E-state index in [2.05, 4.69) is 20.9 Å². The van der Waals surface area contributed by atoms with Gasteiger partial charge in [-0.05, 0) is 30.3 Å². The van der Waals surface area contributed by atoms with E-state index in [1.165, 1.54) is 6.92 Å². The summed E-state index contributed by atoms with van der Waals surface area (Å²) in [7, 11) is 0. The average Bonchev–Trinajstić information content (AvgIpc) is 2.62. The lowest BCUT2D eigenvalue weighted by Gasteiger charge is -2.30. The van der Waals surface area contributed by atoms with Crippen LogP contribution in [0, 0.1) is 0 Å².